The molecule has 1 aliphatic rings. The van der Waals surface area contributed by atoms with Crippen LogP contribution in [0.25, 0.3) is 11.3 Å². The zero-order chi connectivity index (χ0) is 18.5. The first kappa shape index (κ1) is 18.6. The smallest absolute Gasteiger partial charge is 0.231 e. The van der Waals surface area contributed by atoms with Crippen LogP contribution in [0.2, 0.25) is 0 Å². The molecule has 3 rings (SSSR count). The molecule has 0 radical (unpaired) electrons. The Hall–Kier alpha value is -2.21. The largest absolute Gasteiger partial charge is 0.342 e. The maximum Gasteiger partial charge on any atom is 0.231 e. The maximum absolute atomic E-state index is 12.6. The quantitative estimate of drug-likeness (QED) is 0.801. The van der Waals surface area contributed by atoms with E-state index in [1.807, 2.05) is 35.2 Å². The minimum absolute atomic E-state index is 0.0805. The van der Waals surface area contributed by atoms with Gasteiger partial charge in [-0.05, 0) is 12.8 Å². The summed E-state index contributed by atoms with van der Waals surface area (Å²) in [5, 5.41) is 3.55. The molecule has 1 N–H and O–H groups in total. The van der Waals surface area contributed by atoms with Crippen LogP contribution in [0.3, 0.4) is 0 Å². The number of hydrogen-bond acceptors (Lipinski definition) is 4. The number of thiazole rings is 1. The molecular formula is C20H25N3O2S. The highest BCUT2D eigenvalue weighted by Gasteiger charge is 2.34. The Kier molecular flexibility index (Phi) is 6.04. The summed E-state index contributed by atoms with van der Waals surface area (Å²) in [4.78, 5) is 32.3. The van der Waals surface area contributed by atoms with Gasteiger partial charge in [-0.1, -0.05) is 50.6 Å². The predicted octanol–water partition coefficient (Wildman–Crippen LogP) is 3.96. The highest BCUT2D eigenvalue weighted by atomic mass is 32.1. The highest BCUT2D eigenvalue weighted by Crippen LogP contribution is 2.32. The molecule has 5 nitrogen and oxygen atoms in total. The first-order valence-corrected chi connectivity index (χ1v) is 10.1. The number of nitrogens with zero attached hydrogens (tertiary/aromatic N) is 2. The zero-order valence-corrected chi connectivity index (χ0v) is 16.1. The van der Waals surface area contributed by atoms with Gasteiger partial charge in [-0.2, -0.15) is 0 Å². The second kappa shape index (κ2) is 8.45. The minimum Gasteiger partial charge on any atom is -0.342 e. The van der Waals surface area contributed by atoms with E-state index in [-0.39, 0.29) is 17.7 Å². The number of amides is 2. The number of aromatic nitrogens is 1. The highest BCUT2D eigenvalue weighted by molar-refractivity contribution is 7.16. The topological polar surface area (TPSA) is 62.3 Å². The van der Waals surface area contributed by atoms with Crippen molar-refractivity contribution >= 4 is 28.3 Å². The fourth-order valence-corrected chi connectivity index (χ4v) is 4.11. The molecule has 0 spiro atoms. The first-order valence-electron chi connectivity index (χ1n) is 9.26. The lowest BCUT2D eigenvalue weighted by Crippen LogP contribution is -2.29. The number of aryl methyl sites for hydroxylation is 1. The van der Waals surface area contributed by atoms with Crippen LogP contribution in [0.4, 0.5) is 5.13 Å². The first-order chi connectivity index (χ1) is 12.6. The SMILES string of the molecule is CCCCN1CC(C(=O)Nc2nc(-c3ccccc3)c(CC)s2)CC1=O. The number of likely N-dealkylation sites (tertiary alicyclic amines) is 1. The molecule has 6 heteroatoms. The van der Waals surface area contributed by atoms with Gasteiger partial charge in [0.25, 0.3) is 0 Å². The molecule has 0 aliphatic carbocycles. The number of hydrogen-bond donors (Lipinski definition) is 1. The molecule has 1 saturated heterocycles. The van der Waals surface area contributed by atoms with Crippen molar-refractivity contribution in [3.63, 3.8) is 0 Å². The van der Waals surface area contributed by atoms with Gasteiger partial charge in [0.15, 0.2) is 5.13 Å². The Balaban J connectivity index is 1.69. The third-order valence-corrected chi connectivity index (χ3v) is 5.78. The number of anilines is 1. The van der Waals surface area contributed by atoms with Crippen molar-refractivity contribution in [2.24, 2.45) is 5.92 Å². The maximum atomic E-state index is 12.6. The van der Waals surface area contributed by atoms with Crippen LogP contribution >= 0.6 is 11.3 Å². The van der Waals surface area contributed by atoms with E-state index in [2.05, 4.69) is 24.1 Å². The Bertz CT molecular complexity index is 773. The average Bonchev–Trinajstić information content (AvgIpc) is 3.24. The van der Waals surface area contributed by atoms with Crippen LogP contribution in [0.5, 0.6) is 0 Å². The van der Waals surface area contributed by atoms with Crippen molar-refractivity contribution in [3.8, 4) is 11.3 Å². The molecule has 0 saturated carbocycles. The normalized spacial score (nSPS) is 16.9. The van der Waals surface area contributed by atoms with E-state index in [0.29, 0.717) is 18.1 Å². The summed E-state index contributed by atoms with van der Waals surface area (Å²) >= 11 is 1.52. The molecule has 1 fully saturated rings. The average molecular weight is 372 g/mol. The van der Waals surface area contributed by atoms with Gasteiger partial charge in [0, 0.05) is 30.0 Å². The molecule has 138 valence electrons. The van der Waals surface area contributed by atoms with E-state index in [0.717, 1.165) is 41.9 Å². The molecule has 2 heterocycles. The fraction of sp³-hybridized carbons (Fsp3) is 0.450. The monoisotopic (exact) mass is 371 g/mol. The van der Waals surface area contributed by atoms with Crippen molar-refractivity contribution in [3.05, 3.63) is 35.2 Å². The van der Waals surface area contributed by atoms with Gasteiger partial charge in [0.05, 0.1) is 11.6 Å². The van der Waals surface area contributed by atoms with E-state index < -0.39 is 0 Å². The Morgan fingerprint density at radius 3 is 2.77 bits per heavy atom. The number of nitrogens with one attached hydrogen (secondary N) is 1. The third kappa shape index (κ3) is 4.12. The molecule has 1 atom stereocenters. The number of carbonyl (C=O) groups is 2. The summed E-state index contributed by atoms with van der Waals surface area (Å²) < 4.78 is 0. The molecule has 2 amide bonds. The lowest BCUT2D eigenvalue weighted by atomic mass is 10.1. The second-order valence-corrected chi connectivity index (χ2v) is 7.68. The molecule has 26 heavy (non-hydrogen) atoms. The predicted molar refractivity (Wildman–Crippen MR) is 105 cm³/mol. The van der Waals surface area contributed by atoms with Crippen LogP contribution in [0.15, 0.2) is 30.3 Å². The number of unbranched alkanes of at least 4 members (excludes halogenated alkanes) is 1. The Morgan fingerprint density at radius 1 is 1.31 bits per heavy atom. The van der Waals surface area contributed by atoms with Gasteiger partial charge >= 0.3 is 0 Å². The van der Waals surface area contributed by atoms with E-state index in [9.17, 15) is 9.59 Å². The third-order valence-electron chi connectivity index (χ3n) is 4.66. The van der Waals surface area contributed by atoms with Gasteiger partial charge in [-0.15, -0.1) is 11.3 Å². The summed E-state index contributed by atoms with van der Waals surface area (Å²) in [6.45, 7) is 5.45. The second-order valence-electron chi connectivity index (χ2n) is 6.59. The molecule has 2 aromatic rings. The van der Waals surface area contributed by atoms with Gasteiger partial charge in [-0.25, -0.2) is 4.98 Å². The summed E-state index contributed by atoms with van der Waals surface area (Å²) in [5.41, 5.74) is 1.99. The van der Waals surface area contributed by atoms with E-state index in [1.54, 1.807) is 0 Å². The van der Waals surface area contributed by atoms with Gasteiger partial charge in [0.1, 0.15) is 0 Å². The molecule has 0 bridgehead atoms. The standard InChI is InChI=1S/C20H25N3O2S/c1-3-5-11-23-13-15(12-17(23)24)19(25)22-20-21-18(16(4-2)26-20)14-9-7-6-8-10-14/h6-10,15H,3-5,11-13H2,1-2H3,(H,21,22,25). The van der Waals surface area contributed by atoms with E-state index in [4.69, 9.17) is 0 Å². The Morgan fingerprint density at radius 2 is 2.08 bits per heavy atom. The van der Waals surface area contributed by atoms with Crippen molar-refractivity contribution < 1.29 is 9.59 Å². The molecule has 1 aromatic heterocycles. The molecule has 1 aliphatic heterocycles. The summed E-state index contributed by atoms with van der Waals surface area (Å²) in [6, 6.07) is 10.0. The summed E-state index contributed by atoms with van der Waals surface area (Å²) in [6.07, 6.45) is 3.19. The summed E-state index contributed by atoms with van der Waals surface area (Å²) in [7, 11) is 0. The van der Waals surface area contributed by atoms with Crippen LogP contribution in [-0.2, 0) is 16.0 Å². The minimum atomic E-state index is -0.284. The van der Waals surface area contributed by atoms with Crippen molar-refractivity contribution in [2.75, 3.05) is 18.4 Å². The fourth-order valence-electron chi connectivity index (χ4n) is 3.19. The van der Waals surface area contributed by atoms with Gasteiger partial charge < -0.3 is 10.2 Å². The molecular weight excluding hydrogens is 346 g/mol. The van der Waals surface area contributed by atoms with E-state index >= 15 is 0 Å². The molecule has 1 unspecified atom stereocenters. The lowest BCUT2D eigenvalue weighted by molar-refractivity contribution is -0.128. The number of benzene rings is 1. The van der Waals surface area contributed by atoms with Crippen molar-refractivity contribution in [2.45, 2.75) is 39.5 Å². The van der Waals surface area contributed by atoms with Crippen LogP contribution in [0, 0.1) is 5.92 Å². The van der Waals surface area contributed by atoms with Crippen LogP contribution < -0.4 is 5.32 Å². The molecule has 1 aromatic carbocycles. The lowest BCUT2D eigenvalue weighted by Gasteiger charge is -2.15. The van der Waals surface area contributed by atoms with Crippen molar-refractivity contribution in [1.29, 1.82) is 0 Å². The van der Waals surface area contributed by atoms with E-state index in [1.165, 1.54) is 11.3 Å². The summed E-state index contributed by atoms with van der Waals surface area (Å²) in [5.74, 6) is -0.307. The zero-order valence-electron chi connectivity index (χ0n) is 15.3. The Labute approximate surface area is 158 Å². The number of rotatable bonds is 7. The van der Waals surface area contributed by atoms with Crippen molar-refractivity contribution in [1.82, 2.24) is 9.88 Å². The van der Waals surface area contributed by atoms with Crippen LogP contribution in [0.1, 0.15) is 38.0 Å². The van der Waals surface area contributed by atoms with Gasteiger partial charge in [-0.3, -0.25) is 9.59 Å². The van der Waals surface area contributed by atoms with Gasteiger partial charge in [0.2, 0.25) is 11.8 Å². The van der Waals surface area contributed by atoms with Crippen LogP contribution in [-0.4, -0.2) is 34.8 Å². The number of carbonyl (C=O) groups excluding carboxylic acids is 2.